The van der Waals surface area contributed by atoms with Gasteiger partial charge in [-0.25, -0.2) is 4.98 Å². The molecule has 3 heteroatoms. The third kappa shape index (κ3) is 2.34. The van der Waals surface area contributed by atoms with E-state index in [9.17, 15) is 0 Å². The van der Waals surface area contributed by atoms with Crippen LogP contribution in [-0.2, 0) is 6.42 Å². The molecule has 1 aromatic carbocycles. The van der Waals surface area contributed by atoms with Gasteiger partial charge in [-0.3, -0.25) is 0 Å². The standard InChI is InChI=1S/C14H16N2S/c1-3-7-12-11(5-1)6-2-4-8-13(12)16-14-15-9-10-17-14/h1,3,5,7,9-10,13H,2,4,6,8H2,(H,15,16). The average Bonchev–Trinajstić information content (AvgIpc) is 2.78. The van der Waals surface area contributed by atoms with Crippen LogP contribution in [0.1, 0.15) is 36.4 Å². The SMILES string of the molecule is c1ccc2c(c1)CCCCC2Nc1nccs1. The van der Waals surface area contributed by atoms with E-state index in [1.165, 1.54) is 36.8 Å². The summed E-state index contributed by atoms with van der Waals surface area (Å²) in [5.41, 5.74) is 2.96. The van der Waals surface area contributed by atoms with Crippen LogP contribution in [0.15, 0.2) is 35.8 Å². The zero-order chi connectivity index (χ0) is 11.5. The lowest BCUT2D eigenvalue weighted by Gasteiger charge is -2.18. The van der Waals surface area contributed by atoms with Crippen molar-refractivity contribution in [2.75, 3.05) is 5.32 Å². The summed E-state index contributed by atoms with van der Waals surface area (Å²) >= 11 is 1.68. The lowest BCUT2D eigenvalue weighted by atomic mass is 9.99. The summed E-state index contributed by atoms with van der Waals surface area (Å²) in [6.45, 7) is 0. The Morgan fingerprint density at radius 2 is 2.18 bits per heavy atom. The molecule has 1 atom stereocenters. The summed E-state index contributed by atoms with van der Waals surface area (Å²) < 4.78 is 0. The predicted molar refractivity (Wildman–Crippen MR) is 72.5 cm³/mol. The summed E-state index contributed by atoms with van der Waals surface area (Å²) in [5, 5.41) is 6.62. The summed E-state index contributed by atoms with van der Waals surface area (Å²) in [4.78, 5) is 4.32. The Balaban J connectivity index is 1.89. The van der Waals surface area contributed by atoms with Crippen LogP contribution in [-0.4, -0.2) is 4.98 Å². The van der Waals surface area contributed by atoms with Gasteiger partial charge < -0.3 is 5.32 Å². The molecule has 0 spiro atoms. The molecule has 0 fully saturated rings. The van der Waals surface area contributed by atoms with E-state index in [0.29, 0.717) is 6.04 Å². The number of hydrogen-bond acceptors (Lipinski definition) is 3. The second kappa shape index (κ2) is 4.88. The highest BCUT2D eigenvalue weighted by molar-refractivity contribution is 7.13. The van der Waals surface area contributed by atoms with Gasteiger partial charge in [0.2, 0.25) is 0 Å². The molecule has 0 saturated carbocycles. The monoisotopic (exact) mass is 244 g/mol. The molecule has 0 radical (unpaired) electrons. The Bertz CT molecular complexity index is 479. The van der Waals surface area contributed by atoms with E-state index in [1.807, 2.05) is 11.6 Å². The maximum atomic E-state index is 4.32. The maximum absolute atomic E-state index is 4.32. The molecule has 17 heavy (non-hydrogen) atoms. The average molecular weight is 244 g/mol. The van der Waals surface area contributed by atoms with Gasteiger partial charge >= 0.3 is 0 Å². The van der Waals surface area contributed by atoms with Gasteiger partial charge in [-0.05, 0) is 30.4 Å². The van der Waals surface area contributed by atoms with Gasteiger partial charge in [-0.1, -0.05) is 30.7 Å². The van der Waals surface area contributed by atoms with Crippen LogP contribution in [0.4, 0.5) is 5.13 Å². The van der Waals surface area contributed by atoms with E-state index in [-0.39, 0.29) is 0 Å². The minimum atomic E-state index is 0.430. The smallest absolute Gasteiger partial charge is 0.183 e. The third-order valence-corrected chi connectivity index (χ3v) is 4.05. The van der Waals surface area contributed by atoms with E-state index in [2.05, 4.69) is 34.6 Å². The number of rotatable bonds is 2. The fourth-order valence-corrected chi connectivity index (χ4v) is 3.10. The van der Waals surface area contributed by atoms with Gasteiger partial charge in [0.15, 0.2) is 5.13 Å². The van der Waals surface area contributed by atoms with E-state index in [0.717, 1.165) is 5.13 Å². The highest BCUT2D eigenvalue weighted by Gasteiger charge is 2.18. The molecule has 0 bridgehead atoms. The molecule has 3 rings (SSSR count). The fraction of sp³-hybridized carbons (Fsp3) is 0.357. The second-order valence-electron chi connectivity index (χ2n) is 4.48. The molecule has 1 heterocycles. The molecular formula is C14H16N2S. The first-order chi connectivity index (χ1) is 8.43. The van der Waals surface area contributed by atoms with Crippen LogP contribution in [0.2, 0.25) is 0 Å². The third-order valence-electron chi connectivity index (χ3n) is 3.35. The zero-order valence-corrected chi connectivity index (χ0v) is 10.5. The molecule has 1 aliphatic rings. The van der Waals surface area contributed by atoms with Gasteiger partial charge in [0.25, 0.3) is 0 Å². The zero-order valence-electron chi connectivity index (χ0n) is 9.73. The Kier molecular flexibility index (Phi) is 3.10. The Morgan fingerprint density at radius 3 is 3.06 bits per heavy atom. The number of thiazole rings is 1. The highest BCUT2D eigenvalue weighted by Crippen LogP contribution is 2.31. The van der Waals surface area contributed by atoms with Crippen molar-refractivity contribution in [1.82, 2.24) is 4.98 Å². The number of aryl methyl sites for hydroxylation is 1. The van der Waals surface area contributed by atoms with Gasteiger partial charge in [-0.15, -0.1) is 11.3 Å². The van der Waals surface area contributed by atoms with E-state index in [1.54, 1.807) is 11.3 Å². The van der Waals surface area contributed by atoms with Crippen molar-refractivity contribution in [2.45, 2.75) is 31.7 Å². The van der Waals surface area contributed by atoms with Gasteiger partial charge in [0, 0.05) is 11.6 Å². The van der Waals surface area contributed by atoms with Crippen LogP contribution in [0.25, 0.3) is 0 Å². The number of benzene rings is 1. The molecule has 0 aliphatic heterocycles. The summed E-state index contributed by atoms with van der Waals surface area (Å²) in [6.07, 6.45) is 6.86. The molecule has 88 valence electrons. The number of aromatic nitrogens is 1. The maximum Gasteiger partial charge on any atom is 0.183 e. The normalized spacial score (nSPS) is 19.4. The molecule has 1 aromatic heterocycles. The second-order valence-corrected chi connectivity index (χ2v) is 5.37. The van der Waals surface area contributed by atoms with Crippen LogP contribution >= 0.6 is 11.3 Å². The Morgan fingerprint density at radius 1 is 1.24 bits per heavy atom. The number of nitrogens with zero attached hydrogens (tertiary/aromatic N) is 1. The summed E-state index contributed by atoms with van der Waals surface area (Å²) in [6, 6.07) is 9.23. The lowest BCUT2D eigenvalue weighted by molar-refractivity contribution is 0.644. The van der Waals surface area contributed by atoms with Crippen molar-refractivity contribution >= 4 is 16.5 Å². The first-order valence-corrected chi connectivity index (χ1v) is 7.05. The predicted octanol–water partition coefficient (Wildman–Crippen LogP) is 4.02. The molecule has 0 amide bonds. The molecule has 2 aromatic rings. The molecule has 2 nitrogen and oxygen atoms in total. The van der Waals surface area contributed by atoms with Crippen LogP contribution < -0.4 is 5.32 Å². The minimum Gasteiger partial charge on any atom is -0.355 e. The van der Waals surface area contributed by atoms with Crippen molar-refractivity contribution in [1.29, 1.82) is 0 Å². The van der Waals surface area contributed by atoms with E-state index in [4.69, 9.17) is 0 Å². The summed E-state index contributed by atoms with van der Waals surface area (Å²) in [5.74, 6) is 0. The lowest BCUT2D eigenvalue weighted by Crippen LogP contribution is -2.10. The topological polar surface area (TPSA) is 24.9 Å². The first-order valence-electron chi connectivity index (χ1n) is 6.17. The van der Waals surface area contributed by atoms with Crippen molar-refractivity contribution in [2.24, 2.45) is 0 Å². The molecular weight excluding hydrogens is 228 g/mol. The molecule has 1 unspecified atom stereocenters. The van der Waals surface area contributed by atoms with Crippen molar-refractivity contribution < 1.29 is 0 Å². The number of fused-ring (bicyclic) bond motifs is 1. The van der Waals surface area contributed by atoms with Crippen molar-refractivity contribution in [3.8, 4) is 0 Å². The molecule has 0 saturated heterocycles. The van der Waals surface area contributed by atoms with Crippen LogP contribution in [0.5, 0.6) is 0 Å². The molecule has 1 N–H and O–H groups in total. The van der Waals surface area contributed by atoms with E-state index >= 15 is 0 Å². The van der Waals surface area contributed by atoms with Crippen LogP contribution in [0.3, 0.4) is 0 Å². The number of nitrogens with one attached hydrogen (secondary N) is 1. The Labute approximate surface area is 106 Å². The van der Waals surface area contributed by atoms with Gasteiger partial charge in [0.1, 0.15) is 0 Å². The highest BCUT2D eigenvalue weighted by atomic mass is 32.1. The van der Waals surface area contributed by atoms with E-state index < -0.39 is 0 Å². The fourth-order valence-electron chi connectivity index (χ4n) is 2.51. The largest absolute Gasteiger partial charge is 0.355 e. The molecule has 1 aliphatic carbocycles. The van der Waals surface area contributed by atoms with Crippen molar-refractivity contribution in [3.63, 3.8) is 0 Å². The Hall–Kier alpha value is -1.35. The van der Waals surface area contributed by atoms with Gasteiger partial charge in [-0.2, -0.15) is 0 Å². The minimum absolute atomic E-state index is 0.430. The summed E-state index contributed by atoms with van der Waals surface area (Å²) in [7, 11) is 0. The van der Waals surface area contributed by atoms with Crippen LogP contribution in [0, 0.1) is 0 Å². The number of anilines is 1. The quantitative estimate of drug-likeness (QED) is 0.807. The van der Waals surface area contributed by atoms with Gasteiger partial charge in [0.05, 0.1) is 6.04 Å². The van der Waals surface area contributed by atoms with Crippen molar-refractivity contribution in [3.05, 3.63) is 47.0 Å². The first kappa shape index (κ1) is 10.8. The number of hydrogen-bond donors (Lipinski definition) is 1.